The number of rotatable bonds is 0. The van der Waals surface area contributed by atoms with E-state index >= 15 is 0 Å². The molecule has 2 aliphatic rings. The van der Waals surface area contributed by atoms with Crippen molar-refractivity contribution in [3.05, 3.63) is 0 Å². The number of nitrogens with zero attached hydrogens (tertiary/aromatic N) is 4. The molecule has 118 valence electrons. The average Bonchev–Trinajstić information content (AvgIpc) is 2.43. The maximum Gasteiger partial charge on any atom is 0.0221 e. The normalized spacial score (nSPS) is 39.6. The minimum atomic E-state index is 0.671. The summed E-state index contributed by atoms with van der Waals surface area (Å²) in [6, 6.07) is 1.34. The lowest BCUT2D eigenvalue weighted by Gasteiger charge is -2.42. The molecule has 4 atom stereocenters. The summed E-state index contributed by atoms with van der Waals surface area (Å²) in [5.74, 6) is 0. The van der Waals surface area contributed by atoms with E-state index < -0.39 is 0 Å². The van der Waals surface area contributed by atoms with Crippen LogP contribution in [0.1, 0.15) is 26.7 Å². The summed E-state index contributed by atoms with van der Waals surface area (Å²) in [7, 11) is 4.55. The standard InChI is InChI=1S/C16H34N4/c1-15-16(2)20-10-6-8-17(3)11-13-19(15)9-5-7-18(4)12-14-20/h15-16H,5-14H2,1-4H3. The summed E-state index contributed by atoms with van der Waals surface area (Å²) in [5.41, 5.74) is 0. The van der Waals surface area contributed by atoms with Gasteiger partial charge in [-0.25, -0.2) is 0 Å². The smallest absolute Gasteiger partial charge is 0.0221 e. The average molecular weight is 282 g/mol. The molecule has 4 nitrogen and oxygen atoms in total. The summed E-state index contributed by atoms with van der Waals surface area (Å²) < 4.78 is 0. The number of hydrogen-bond donors (Lipinski definition) is 0. The van der Waals surface area contributed by atoms with Gasteiger partial charge in [0.1, 0.15) is 0 Å². The Morgan fingerprint density at radius 1 is 0.550 bits per heavy atom. The van der Waals surface area contributed by atoms with Crippen molar-refractivity contribution in [2.24, 2.45) is 0 Å². The first-order chi connectivity index (χ1) is 9.58. The predicted octanol–water partition coefficient (Wildman–Crippen LogP) is 1.04. The predicted molar refractivity (Wildman–Crippen MR) is 86.3 cm³/mol. The van der Waals surface area contributed by atoms with E-state index in [4.69, 9.17) is 0 Å². The van der Waals surface area contributed by atoms with Crippen LogP contribution in [-0.4, -0.2) is 98.1 Å². The zero-order chi connectivity index (χ0) is 14.5. The minimum Gasteiger partial charge on any atom is -0.305 e. The first-order valence-corrected chi connectivity index (χ1v) is 8.43. The Morgan fingerprint density at radius 2 is 0.950 bits per heavy atom. The molecule has 0 spiro atoms. The van der Waals surface area contributed by atoms with E-state index in [1.54, 1.807) is 0 Å². The van der Waals surface area contributed by atoms with E-state index in [2.05, 4.69) is 47.5 Å². The van der Waals surface area contributed by atoms with Crippen molar-refractivity contribution < 1.29 is 0 Å². The zero-order valence-corrected chi connectivity index (χ0v) is 14.0. The number of fused-ring (bicyclic) bond motifs is 3. The number of hydrogen-bond acceptors (Lipinski definition) is 4. The molecule has 0 aliphatic carbocycles. The van der Waals surface area contributed by atoms with Gasteiger partial charge in [0.05, 0.1) is 0 Å². The van der Waals surface area contributed by atoms with E-state index in [1.165, 1.54) is 65.2 Å². The highest BCUT2D eigenvalue weighted by molar-refractivity contribution is 4.84. The van der Waals surface area contributed by atoms with E-state index in [0.29, 0.717) is 12.1 Å². The fourth-order valence-electron chi connectivity index (χ4n) is 3.56. The molecule has 2 aliphatic heterocycles. The van der Waals surface area contributed by atoms with Gasteiger partial charge in [-0.05, 0) is 67.0 Å². The summed E-state index contributed by atoms with van der Waals surface area (Å²) in [4.78, 5) is 10.5. The van der Waals surface area contributed by atoms with Crippen molar-refractivity contribution in [1.82, 2.24) is 19.6 Å². The Labute approximate surface area is 125 Å². The van der Waals surface area contributed by atoms with E-state index in [0.717, 1.165) is 0 Å². The van der Waals surface area contributed by atoms with Crippen LogP contribution in [0.2, 0.25) is 0 Å². The van der Waals surface area contributed by atoms with Crippen molar-refractivity contribution in [3.63, 3.8) is 0 Å². The first-order valence-electron chi connectivity index (χ1n) is 8.43. The maximum absolute atomic E-state index is 2.72. The van der Waals surface area contributed by atoms with Gasteiger partial charge in [0.2, 0.25) is 0 Å². The Kier molecular flexibility index (Phi) is 6.27. The highest BCUT2D eigenvalue weighted by Crippen LogP contribution is 2.15. The van der Waals surface area contributed by atoms with Gasteiger partial charge in [0.15, 0.2) is 0 Å². The van der Waals surface area contributed by atoms with Gasteiger partial charge < -0.3 is 9.80 Å². The van der Waals surface area contributed by atoms with Gasteiger partial charge in [0, 0.05) is 38.3 Å². The van der Waals surface area contributed by atoms with Gasteiger partial charge >= 0.3 is 0 Å². The van der Waals surface area contributed by atoms with E-state index in [-0.39, 0.29) is 0 Å². The summed E-state index contributed by atoms with van der Waals surface area (Å²) in [5, 5.41) is 0. The van der Waals surface area contributed by atoms with Crippen molar-refractivity contribution in [1.29, 1.82) is 0 Å². The molecular formula is C16H34N4. The van der Waals surface area contributed by atoms with Gasteiger partial charge in [-0.2, -0.15) is 0 Å². The van der Waals surface area contributed by atoms with Crippen molar-refractivity contribution >= 4 is 0 Å². The molecule has 2 bridgehead atoms. The molecular weight excluding hydrogens is 248 g/mol. The number of likely N-dealkylation sites (N-methyl/N-ethyl adjacent to an activating group) is 2. The summed E-state index contributed by atoms with van der Waals surface area (Å²) in [6.45, 7) is 14.7. The van der Waals surface area contributed by atoms with Crippen LogP contribution >= 0.6 is 0 Å². The minimum absolute atomic E-state index is 0.671. The molecule has 0 radical (unpaired) electrons. The van der Waals surface area contributed by atoms with Gasteiger partial charge in [-0.3, -0.25) is 9.80 Å². The Morgan fingerprint density at radius 3 is 1.35 bits per heavy atom. The molecule has 0 aromatic rings. The zero-order valence-electron chi connectivity index (χ0n) is 14.0. The lowest BCUT2D eigenvalue weighted by Crippen LogP contribution is -2.54. The van der Waals surface area contributed by atoms with Crippen molar-refractivity contribution in [2.75, 3.05) is 66.5 Å². The molecule has 4 heteroatoms. The topological polar surface area (TPSA) is 13.0 Å². The molecule has 2 saturated heterocycles. The second-order valence-electron chi connectivity index (χ2n) is 6.87. The molecule has 0 aromatic carbocycles. The van der Waals surface area contributed by atoms with Crippen LogP contribution < -0.4 is 0 Å². The Hall–Kier alpha value is -0.160. The molecule has 0 saturated carbocycles. The van der Waals surface area contributed by atoms with Crippen LogP contribution in [0.15, 0.2) is 0 Å². The van der Waals surface area contributed by atoms with Crippen molar-refractivity contribution in [2.45, 2.75) is 38.8 Å². The van der Waals surface area contributed by atoms with Gasteiger partial charge in [-0.1, -0.05) is 0 Å². The first kappa shape index (κ1) is 16.2. The highest BCUT2D eigenvalue weighted by Gasteiger charge is 2.27. The van der Waals surface area contributed by atoms with Crippen LogP contribution in [0, 0.1) is 0 Å². The van der Waals surface area contributed by atoms with Crippen LogP contribution in [0.5, 0.6) is 0 Å². The van der Waals surface area contributed by atoms with Crippen molar-refractivity contribution in [3.8, 4) is 0 Å². The molecule has 2 heterocycles. The lowest BCUT2D eigenvalue weighted by molar-refractivity contribution is 0.0586. The van der Waals surface area contributed by atoms with Gasteiger partial charge in [-0.15, -0.1) is 0 Å². The molecule has 0 amide bonds. The third-order valence-corrected chi connectivity index (χ3v) is 5.36. The lowest BCUT2D eigenvalue weighted by atomic mass is 10.1. The van der Waals surface area contributed by atoms with Crippen LogP contribution in [0.25, 0.3) is 0 Å². The second kappa shape index (κ2) is 7.74. The Bertz CT molecular complexity index is 256. The molecule has 2 fully saturated rings. The highest BCUT2D eigenvalue weighted by atomic mass is 15.3. The monoisotopic (exact) mass is 282 g/mol. The molecule has 0 aromatic heterocycles. The third kappa shape index (κ3) is 4.42. The van der Waals surface area contributed by atoms with Crippen LogP contribution in [0.4, 0.5) is 0 Å². The molecule has 2 rings (SSSR count). The maximum atomic E-state index is 2.72. The van der Waals surface area contributed by atoms with Gasteiger partial charge in [0.25, 0.3) is 0 Å². The molecule has 0 N–H and O–H groups in total. The summed E-state index contributed by atoms with van der Waals surface area (Å²) >= 11 is 0. The van der Waals surface area contributed by atoms with E-state index in [1.807, 2.05) is 0 Å². The fraction of sp³-hybridized carbons (Fsp3) is 1.00. The van der Waals surface area contributed by atoms with Crippen LogP contribution in [-0.2, 0) is 0 Å². The summed E-state index contributed by atoms with van der Waals surface area (Å²) in [6.07, 6.45) is 2.61. The van der Waals surface area contributed by atoms with Crippen LogP contribution in [0.3, 0.4) is 0 Å². The SMILES string of the molecule is CC1C(C)N2CCCN(C)CCN1CCCN(C)CC2. The largest absolute Gasteiger partial charge is 0.305 e. The van der Waals surface area contributed by atoms with E-state index in [9.17, 15) is 0 Å². The molecule has 4 unspecified atom stereocenters. The third-order valence-electron chi connectivity index (χ3n) is 5.36. The quantitative estimate of drug-likeness (QED) is 0.658. The fourth-order valence-corrected chi connectivity index (χ4v) is 3.56. The molecule has 20 heavy (non-hydrogen) atoms. The second-order valence-corrected chi connectivity index (χ2v) is 6.87. The Balaban J connectivity index is 2.12.